The Morgan fingerprint density at radius 2 is 1.82 bits per heavy atom. The van der Waals surface area contributed by atoms with Gasteiger partial charge in [0, 0.05) is 26.2 Å². The Hall–Kier alpha value is -2.80. The second kappa shape index (κ2) is 8.06. The maximum Gasteiger partial charge on any atom is 0.260 e. The number of hydrogen-bond acceptors (Lipinski definition) is 6. The monoisotopic (exact) mass is 397 g/mol. The molecule has 28 heavy (non-hydrogen) atoms. The molecule has 146 valence electrons. The number of fused-ring (bicyclic) bond motifs is 1. The van der Waals surface area contributed by atoms with E-state index >= 15 is 0 Å². The van der Waals surface area contributed by atoms with Crippen molar-refractivity contribution in [3.63, 3.8) is 0 Å². The van der Waals surface area contributed by atoms with Crippen LogP contribution in [0.3, 0.4) is 0 Å². The van der Waals surface area contributed by atoms with E-state index in [1.165, 1.54) is 10.3 Å². The molecule has 0 aliphatic carbocycles. The van der Waals surface area contributed by atoms with E-state index in [9.17, 15) is 4.79 Å². The summed E-state index contributed by atoms with van der Waals surface area (Å²) in [5, 5.41) is 1.03. The van der Waals surface area contributed by atoms with E-state index in [0.717, 1.165) is 23.7 Å². The molecule has 6 nitrogen and oxygen atoms in total. The Morgan fingerprint density at radius 3 is 2.54 bits per heavy atom. The highest BCUT2D eigenvalue weighted by Gasteiger charge is 2.23. The molecule has 0 saturated carbocycles. The number of aryl methyl sites for hydroxylation is 1. The minimum atomic E-state index is -0.00861. The highest BCUT2D eigenvalue weighted by atomic mass is 32.1. The zero-order valence-electron chi connectivity index (χ0n) is 16.1. The van der Waals surface area contributed by atoms with Crippen LogP contribution in [0.15, 0.2) is 42.5 Å². The number of rotatable bonds is 5. The van der Waals surface area contributed by atoms with Crippen LogP contribution in [0.25, 0.3) is 10.2 Å². The minimum absolute atomic E-state index is 0.00861. The number of piperazine rings is 1. The molecule has 1 saturated heterocycles. The largest absolute Gasteiger partial charge is 0.493 e. The molecule has 0 spiro atoms. The number of methoxy groups -OCH3 is 1. The lowest BCUT2D eigenvalue weighted by Crippen LogP contribution is -2.50. The number of hydrogen-bond donors (Lipinski definition) is 0. The van der Waals surface area contributed by atoms with Crippen LogP contribution in [-0.2, 0) is 4.79 Å². The van der Waals surface area contributed by atoms with Crippen LogP contribution in [0.1, 0.15) is 5.56 Å². The molecule has 3 aromatic rings. The lowest BCUT2D eigenvalue weighted by molar-refractivity contribution is -0.133. The number of aromatic nitrogens is 1. The maximum absolute atomic E-state index is 12.5. The molecule has 2 aromatic carbocycles. The van der Waals surface area contributed by atoms with Gasteiger partial charge < -0.3 is 19.3 Å². The van der Waals surface area contributed by atoms with Gasteiger partial charge in [-0.2, -0.15) is 0 Å². The third-order valence-electron chi connectivity index (χ3n) is 4.93. The van der Waals surface area contributed by atoms with Gasteiger partial charge in [0.25, 0.3) is 5.91 Å². The summed E-state index contributed by atoms with van der Waals surface area (Å²) < 4.78 is 12.1. The molecule has 1 amide bonds. The number of nitrogens with zero attached hydrogens (tertiary/aromatic N) is 3. The quantitative estimate of drug-likeness (QED) is 0.661. The van der Waals surface area contributed by atoms with Crippen molar-refractivity contribution in [2.75, 3.05) is 44.8 Å². The van der Waals surface area contributed by atoms with Crippen LogP contribution in [0.5, 0.6) is 11.5 Å². The van der Waals surface area contributed by atoms with Gasteiger partial charge in [0.05, 0.1) is 17.3 Å². The molecular formula is C21H23N3O3S. The Kier molecular flexibility index (Phi) is 5.34. The van der Waals surface area contributed by atoms with Crippen molar-refractivity contribution in [2.45, 2.75) is 6.92 Å². The van der Waals surface area contributed by atoms with Gasteiger partial charge in [0.1, 0.15) is 0 Å². The third-order valence-corrected chi connectivity index (χ3v) is 6.01. The third kappa shape index (κ3) is 3.75. The van der Waals surface area contributed by atoms with E-state index in [-0.39, 0.29) is 12.5 Å². The van der Waals surface area contributed by atoms with Gasteiger partial charge in [-0.25, -0.2) is 4.98 Å². The zero-order chi connectivity index (χ0) is 19.5. The van der Waals surface area contributed by atoms with E-state index in [1.54, 1.807) is 24.5 Å². The topological polar surface area (TPSA) is 54.9 Å². The Morgan fingerprint density at radius 1 is 1.07 bits per heavy atom. The van der Waals surface area contributed by atoms with Crippen molar-refractivity contribution in [1.82, 2.24) is 9.88 Å². The lowest BCUT2D eigenvalue weighted by Gasteiger charge is -2.34. The summed E-state index contributed by atoms with van der Waals surface area (Å²) in [5.41, 5.74) is 2.27. The molecule has 0 N–H and O–H groups in total. The fourth-order valence-corrected chi connectivity index (χ4v) is 4.42. The Bertz CT molecular complexity index is 980. The first-order valence-electron chi connectivity index (χ1n) is 9.30. The molecule has 1 aliphatic heterocycles. The molecule has 1 fully saturated rings. The molecule has 0 bridgehead atoms. The van der Waals surface area contributed by atoms with Crippen molar-refractivity contribution in [3.05, 3.63) is 48.0 Å². The van der Waals surface area contributed by atoms with Crippen molar-refractivity contribution in [2.24, 2.45) is 0 Å². The number of thiazole rings is 1. The molecule has 0 radical (unpaired) electrons. The smallest absolute Gasteiger partial charge is 0.260 e. The Labute approximate surface area is 168 Å². The SMILES string of the molecule is COc1ccccc1OCC(=O)N1CCN(c2nc3c(C)cccc3s2)CC1. The number of carbonyl (C=O) groups excluding carboxylic acids is 1. The molecule has 1 aliphatic rings. The molecule has 2 heterocycles. The number of amides is 1. The summed E-state index contributed by atoms with van der Waals surface area (Å²) in [5.74, 6) is 1.21. The van der Waals surface area contributed by atoms with Gasteiger partial charge >= 0.3 is 0 Å². The molecule has 0 unspecified atom stereocenters. The van der Waals surface area contributed by atoms with Crippen molar-refractivity contribution in [3.8, 4) is 11.5 Å². The number of para-hydroxylation sites is 3. The first-order chi connectivity index (χ1) is 13.7. The van der Waals surface area contributed by atoms with E-state index in [0.29, 0.717) is 24.6 Å². The average Bonchev–Trinajstić information content (AvgIpc) is 3.18. The van der Waals surface area contributed by atoms with Gasteiger partial charge in [0.15, 0.2) is 23.2 Å². The standard InChI is InChI=1S/C21H23N3O3S/c1-15-6-5-9-18-20(15)22-21(28-18)24-12-10-23(11-13-24)19(25)14-27-17-8-4-3-7-16(17)26-2/h3-9H,10-14H2,1-2H3. The van der Waals surface area contributed by atoms with Crippen molar-refractivity contribution in [1.29, 1.82) is 0 Å². The van der Waals surface area contributed by atoms with Crippen LogP contribution in [0, 0.1) is 6.92 Å². The zero-order valence-corrected chi connectivity index (χ0v) is 16.9. The van der Waals surface area contributed by atoms with E-state index < -0.39 is 0 Å². The normalized spacial score (nSPS) is 14.4. The van der Waals surface area contributed by atoms with Crippen molar-refractivity contribution >= 4 is 32.6 Å². The summed E-state index contributed by atoms with van der Waals surface area (Å²) in [7, 11) is 1.59. The number of carbonyl (C=O) groups is 1. The van der Waals surface area contributed by atoms with Crippen LogP contribution in [-0.4, -0.2) is 55.7 Å². The first kappa shape index (κ1) is 18.6. The molecule has 1 aromatic heterocycles. The Balaban J connectivity index is 1.34. The number of benzene rings is 2. The lowest BCUT2D eigenvalue weighted by atomic mass is 10.2. The van der Waals surface area contributed by atoms with E-state index in [1.807, 2.05) is 23.1 Å². The average molecular weight is 398 g/mol. The van der Waals surface area contributed by atoms with E-state index in [4.69, 9.17) is 14.5 Å². The van der Waals surface area contributed by atoms with Gasteiger partial charge in [-0.15, -0.1) is 0 Å². The first-order valence-corrected chi connectivity index (χ1v) is 10.1. The highest BCUT2D eigenvalue weighted by Crippen LogP contribution is 2.31. The van der Waals surface area contributed by atoms with Gasteiger partial charge in [0.2, 0.25) is 0 Å². The molecule has 0 atom stereocenters. The minimum Gasteiger partial charge on any atom is -0.493 e. The van der Waals surface area contributed by atoms with Gasteiger partial charge in [-0.1, -0.05) is 35.6 Å². The summed E-state index contributed by atoms with van der Waals surface area (Å²) in [4.78, 5) is 21.4. The second-order valence-corrected chi connectivity index (χ2v) is 7.73. The van der Waals surface area contributed by atoms with Crippen LogP contribution >= 0.6 is 11.3 Å². The highest BCUT2D eigenvalue weighted by molar-refractivity contribution is 7.22. The molecule has 4 rings (SSSR count). The number of ether oxygens (including phenoxy) is 2. The predicted octanol–water partition coefficient (Wildman–Crippen LogP) is 3.34. The maximum atomic E-state index is 12.5. The van der Waals surface area contributed by atoms with Crippen molar-refractivity contribution < 1.29 is 14.3 Å². The summed E-state index contributed by atoms with van der Waals surface area (Å²) in [6, 6.07) is 13.6. The van der Waals surface area contributed by atoms with Crippen LogP contribution in [0.4, 0.5) is 5.13 Å². The predicted molar refractivity (Wildman–Crippen MR) is 112 cm³/mol. The van der Waals surface area contributed by atoms with Crippen LogP contribution < -0.4 is 14.4 Å². The summed E-state index contributed by atoms with van der Waals surface area (Å²) in [6.07, 6.45) is 0. The number of anilines is 1. The van der Waals surface area contributed by atoms with E-state index in [2.05, 4.69) is 30.0 Å². The van der Waals surface area contributed by atoms with Crippen LogP contribution in [0.2, 0.25) is 0 Å². The fraction of sp³-hybridized carbons (Fsp3) is 0.333. The molecular weight excluding hydrogens is 374 g/mol. The van der Waals surface area contributed by atoms with Gasteiger partial charge in [-0.05, 0) is 30.7 Å². The molecule has 7 heteroatoms. The van der Waals surface area contributed by atoms with Gasteiger partial charge in [-0.3, -0.25) is 4.79 Å². The summed E-state index contributed by atoms with van der Waals surface area (Å²) >= 11 is 1.71. The second-order valence-electron chi connectivity index (χ2n) is 6.73. The fourth-order valence-electron chi connectivity index (χ4n) is 3.33. The summed E-state index contributed by atoms with van der Waals surface area (Å²) in [6.45, 7) is 5.00.